The molecule has 2 aliphatic heterocycles. The van der Waals surface area contributed by atoms with Crippen LogP contribution in [0.4, 0.5) is 0 Å². The van der Waals surface area contributed by atoms with Crippen LogP contribution in [0.25, 0.3) is 0 Å². The van der Waals surface area contributed by atoms with Gasteiger partial charge in [0.25, 0.3) is 0 Å². The van der Waals surface area contributed by atoms with Crippen LogP contribution in [0.3, 0.4) is 0 Å². The number of carbonyl (C=O) groups is 1. The van der Waals surface area contributed by atoms with Crippen molar-refractivity contribution in [3.63, 3.8) is 0 Å². The van der Waals surface area contributed by atoms with Gasteiger partial charge in [0.05, 0.1) is 0 Å². The molecule has 0 unspecified atom stereocenters. The summed E-state index contributed by atoms with van der Waals surface area (Å²) >= 11 is 0. The Kier molecular flexibility index (Phi) is 7.33. The highest BCUT2D eigenvalue weighted by Crippen LogP contribution is 2.13. The van der Waals surface area contributed by atoms with Gasteiger partial charge in [0, 0.05) is 19.1 Å². The zero-order valence-electron chi connectivity index (χ0n) is 12.4. The molecule has 0 aliphatic carbocycles. The van der Waals surface area contributed by atoms with Gasteiger partial charge >= 0.3 is 0 Å². The normalized spacial score (nSPS) is 22.6. The summed E-state index contributed by atoms with van der Waals surface area (Å²) in [5.41, 5.74) is 0. The maximum absolute atomic E-state index is 10.2. The Morgan fingerprint density at radius 2 is 1.56 bits per heavy atom. The van der Waals surface area contributed by atoms with Gasteiger partial charge < -0.3 is 9.80 Å². The molecule has 0 aromatic carbocycles. The lowest BCUT2D eigenvalue weighted by Crippen LogP contribution is -2.35. The molecule has 0 bridgehead atoms. The van der Waals surface area contributed by atoms with Crippen LogP contribution >= 0.6 is 0 Å². The Labute approximate surface area is 113 Å². The molecule has 0 saturated carbocycles. The first kappa shape index (κ1) is 15.5. The average molecular weight is 254 g/mol. The number of nitrogens with zero attached hydrogens (tertiary/aromatic N) is 2. The second-order valence-corrected chi connectivity index (χ2v) is 6.01. The molecule has 0 atom stereocenters. The van der Waals surface area contributed by atoms with E-state index in [2.05, 4.69) is 25.7 Å². The highest BCUT2D eigenvalue weighted by atomic mass is 16.1. The second-order valence-electron chi connectivity index (χ2n) is 6.01. The topological polar surface area (TPSA) is 23.6 Å². The Hall–Kier alpha value is -0.570. The van der Waals surface area contributed by atoms with E-state index in [9.17, 15) is 4.79 Å². The average Bonchev–Trinajstić information content (AvgIpc) is 2.41. The van der Waals surface area contributed by atoms with E-state index >= 15 is 0 Å². The molecule has 106 valence electrons. The second kappa shape index (κ2) is 8.52. The molecular formula is C15H30N2O. The number of hydrogen-bond donors (Lipinski definition) is 0. The molecule has 2 aliphatic rings. The van der Waals surface area contributed by atoms with E-state index in [1.54, 1.807) is 0 Å². The molecule has 18 heavy (non-hydrogen) atoms. The first-order chi connectivity index (χ1) is 8.63. The summed E-state index contributed by atoms with van der Waals surface area (Å²) in [6.07, 6.45) is 7.59. The van der Waals surface area contributed by atoms with Crippen LogP contribution < -0.4 is 0 Å². The summed E-state index contributed by atoms with van der Waals surface area (Å²) in [7, 11) is 0. The summed E-state index contributed by atoms with van der Waals surface area (Å²) in [5.74, 6) is 0.821. The Bertz CT molecular complexity index is 217. The van der Waals surface area contributed by atoms with Crippen LogP contribution in [0, 0.1) is 5.92 Å². The molecule has 2 fully saturated rings. The van der Waals surface area contributed by atoms with Crippen molar-refractivity contribution in [1.82, 2.24) is 9.80 Å². The fourth-order valence-corrected chi connectivity index (χ4v) is 2.57. The van der Waals surface area contributed by atoms with E-state index in [4.69, 9.17) is 0 Å². The molecule has 0 aromatic heterocycles. The van der Waals surface area contributed by atoms with Crippen molar-refractivity contribution in [2.75, 3.05) is 26.2 Å². The van der Waals surface area contributed by atoms with Gasteiger partial charge in [0.2, 0.25) is 6.41 Å². The summed E-state index contributed by atoms with van der Waals surface area (Å²) in [4.78, 5) is 14.6. The van der Waals surface area contributed by atoms with Crippen molar-refractivity contribution in [2.45, 2.75) is 58.9 Å². The van der Waals surface area contributed by atoms with Gasteiger partial charge in [0.1, 0.15) is 0 Å². The standard InChI is InChI=1S/C8H17N.C7H13NO/c1-8(2)9-6-4-3-5-7-9;1-7-2-4-8(6-9)5-3-7/h8H,3-7H2,1-2H3;6-7H,2-5H2,1H3. The maximum Gasteiger partial charge on any atom is 0.209 e. The molecule has 3 nitrogen and oxygen atoms in total. The van der Waals surface area contributed by atoms with Crippen molar-refractivity contribution in [2.24, 2.45) is 5.92 Å². The van der Waals surface area contributed by atoms with Crippen molar-refractivity contribution < 1.29 is 4.79 Å². The lowest BCUT2D eigenvalue weighted by atomic mass is 10.00. The predicted octanol–water partition coefficient (Wildman–Crippen LogP) is 2.76. The van der Waals surface area contributed by atoms with E-state index in [0.29, 0.717) is 0 Å². The van der Waals surface area contributed by atoms with Gasteiger partial charge in [-0.15, -0.1) is 0 Å². The van der Waals surface area contributed by atoms with Crippen molar-refractivity contribution in [3.05, 3.63) is 0 Å². The van der Waals surface area contributed by atoms with E-state index < -0.39 is 0 Å². The fraction of sp³-hybridized carbons (Fsp3) is 0.933. The molecule has 2 heterocycles. The number of carbonyl (C=O) groups excluding carboxylic acids is 1. The monoisotopic (exact) mass is 254 g/mol. The van der Waals surface area contributed by atoms with Crippen LogP contribution in [-0.2, 0) is 4.79 Å². The Balaban J connectivity index is 0.000000180. The van der Waals surface area contributed by atoms with Gasteiger partial charge in [-0.1, -0.05) is 13.3 Å². The minimum atomic E-state index is 0.769. The number of amides is 1. The Morgan fingerprint density at radius 3 is 1.94 bits per heavy atom. The highest BCUT2D eigenvalue weighted by Gasteiger charge is 2.13. The summed E-state index contributed by atoms with van der Waals surface area (Å²) in [6.45, 7) is 11.4. The maximum atomic E-state index is 10.2. The summed E-state index contributed by atoms with van der Waals surface area (Å²) in [6, 6.07) is 0.769. The highest BCUT2D eigenvalue weighted by molar-refractivity contribution is 5.46. The SMILES string of the molecule is CC(C)N1CCCCC1.CC1CCN(C=O)CC1. The molecule has 3 heteroatoms. The third-order valence-corrected chi connectivity index (χ3v) is 4.09. The quantitative estimate of drug-likeness (QED) is 0.707. The molecule has 0 radical (unpaired) electrons. The van der Waals surface area contributed by atoms with Gasteiger partial charge in [-0.2, -0.15) is 0 Å². The van der Waals surface area contributed by atoms with Crippen LogP contribution in [0.5, 0.6) is 0 Å². The number of rotatable bonds is 2. The molecular weight excluding hydrogens is 224 g/mol. The third kappa shape index (κ3) is 5.85. The number of piperidine rings is 2. The smallest absolute Gasteiger partial charge is 0.209 e. The molecule has 2 saturated heterocycles. The molecule has 1 amide bonds. The minimum absolute atomic E-state index is 0.769. The fourth-order valence-electron chi connectivity index (χ4n) is 2.57. The van der Waals surface area contributed by atoms with Gasteiger partial charge in [-0.05, 0) is 58.5 Å². The van der Waals surface area contributed by atoms with E-state index in [1.165, 1.54) is 45.2 Å². The molecule has 0 N–H and O–H groups in total. The van der Waals surface area contributed by atoms with Gasteiger partial charge in [-0.3, -0.25) is 4.79 Å². The third-order valence-electron chi connectivity index (χ3n) is 4.09. The molecule has 0 aromatic rings. The molecule has 2 rings (SSSR count). The largest absolute Gasteiger partial charge is 0.345 e. The van der Waals surface area contributed by atoms with Gasteiger partial charge in [0.15, 0.2) is 0 Å². The van der Waals surface area contributed by atoms with E-state index in [1.807, 2.05) is 4.90 Å². The van der Waals surface area contributed by atoms with Crippen LogP contribution in [-0.4, -0.2) is 48.4 Å². The minimum Gasteiger partial charge on any atom is -0.345 e. The van der Waals surface area contributed by atoms with Crippen molar-refractivity contribution in [1.29, 1.82) is 0 Å². The van der Waals surface area contributed by atoms with Crippen LogP contribution in [0.2, 0.25) is 0 Å². The van der Waals surface area contributed by atoms with Crippen LogP contribution in [0.1, 0.15) is 52.9 Å². The number of likely N-dealkylation sites (tertiary alicyclic amines) is 2. The zero-order chi connectivity index (χ0) is 13.4. The lowest BCUT2D eigenvalue weighted by molar-refractivity contribution is -0.119. The number of hydrogen-bond acceptors (Lipinski definition) is 2. The van der Waals surface area contributed by atoms with Crippen LogP contribution in [0.15, 0.2) is 0 Å². The van der Waals surface area contributed by atoms with Crippen molar-refractivity contribution in [3.8, 4) is 0 Å². The van der Waals surface area contributed by atoms with Gasteiger partial charge in [-0.25, -0.2) is 0 Å². The molecule has 0 spiro atoms. The Morgan fingerprint density at radius 1 is 1.00 bits per heavy atom. The summed E-state index contributed by atoms with van der Waals surface area (Å²) < 4.78 is 0. The van der Waals surface area contributed by atoms with Crippen molar-refractivity contribution >= 4 is 6.41 Å². The first-order valence-corrected chi connectivity index (χ1v) is 7.57. The zero-order valence-corrected chi connectivity index (χ0v) is 12.4. The predicted molar refractivity (Wildman–Crippen MR) is 76.6 cm³/mol. The van der Waals surface area contributed by atoms with E-state index in [-0.39, 0.29) is 0 Å². The first-order valence-electron chi connectivity index (χ1n) is 7.57. The lowest BCUT2D eigenvalue weighted by Gasteiger charge is -2.29. The summed E-state index contributed by atoms with van der Waals surface area (Å²) in [5, 5.41) is 0. The van der Waals surface area contributed by atoms with E-state index in [0.717, 1.165) is 31.5 Å².